The van der Waals surface area contributed by atoms with E-state index >= 15 is 0 Å². The highest BCUT2D eigenvalue weighted by Crippen LogP contribution is 2.23. The van der Waals surface area contributed by atoms with Crippen molar-refractivity contribution < 1.29 is 34.1 Å². The molecule has 1 aliphatic heterocycles. The Balaban J connectivity index is 1.99. The summed E-state index contributed by atoms with van der Waals surface area (Å²) in [5, 5.41) is 26.6. The molecule has 39 heavy (non-hydrogen) atoms. The summed E-state index contributed by atoms with van der Waals surface area (Å²) in [4.78, 5) is 60.8. The average molecular weight is 541 g/mol. The summed E-state index contributed by atoms with van der Waals surface area (Å²) in [6.07, 6.45) is 2.31. The van der Waals surface area contributed by atoms with E-state index < -0.39 is 59.7 Å². The lowest BCUT2D eigenvalue weighted by molar-refractivity contribution is -0.164. The molecule has 1 fully saturated rings. The number of cyclic esters (lactones) is 1. The number of ether oxygens (including phenoxy) is 1. The number of amides is 2. The Hall–Kier alpha value is -3.86. The largest absolute Gasteiger partial charge is 0.505 e. The Morgan fingerprint density at radius 1 is 1.18 bits per heavy atom. The van der Waals surface area contributed by atoms with Gasteiger partial charge in [-0.05, 0) is 55.4 Å². The van der Waals surface area contributed by atoms with Crippen LogP contribution in [0.15, 0.2) is 42.9 Å². The third-order valence-electron chi connectivity index (χ3n) is 6.77. The van der Waals surface area contributed by atoms with Gasteiger partial charge < -0.3 is 25.6 Å². The summed E-state index contributed by atoms with van der Waals surface area (Å²) in [5.41, 5.74) is 0.427. The zero-order valence-electron chi connectivity index (χ0n) is 22.5. The van der Waals surface area contributed by atoms with Gasteiger partial charge in [-0.1, -0.05) is 26.8 Å². The van der Waals surface area contributed by atoms with E-state index in [-0.39, 0.29) is 36.6 Å². The third kappa shape index (κ3) is 7.82. The number of aromatic hydroxyl groups is 1. The highest BCUT2D eigenvalue weighted by atomic mass is 16.5. The average Bonchev–Trinajstić information content (AvgIpc) is 2.89. The summed E-state index contributed by atoms with van der Waals surface area (Å²) >= 11 is 0. The number of hydrogen-bond donors (Lipinski definition) is 4. The number of aromatic nitrogens is 2. The molecule has 0 spiro atoms. The molecule has 3 rings (SSSR count). The van der Waals surface area contributed by atoms with Crippen molar-refractivity contribution >= 4 is 23.6 Å². The van der Waals surface area contributed by atoms with Crippen LogP contribution in [0, 0.1) is 17.8 Å². The second-order valence-electron chi connectivity index (χ2n) is 10.5. The zero-order valence-corrected chi connectivity index (χ0v) is 22.5. The van der Waals surface area contributed by atoms with Gasteiger partial charge in [-0.25, -0.2) is 4.98 Å². The van der Waals surface area contributed by atoms with Crippen molar-refractivity contribution in [2.45, 2.75) is 71.2 Å². The number of hydrogen-bond acceptors (Lipinski definition) is 9. The smallest absolute Gasteiger partial charge is 0.312 e. The van der Waals surface area contributed by atoms with Gasteiger partial charge in [0, 0.05) is 25.0 Å². The van der Waals surface area contributed by atoms with Gasteiger partial charge in [-0.2, -0.15) is 0 Å². The van der Waals surface area contributed by atoms with Gasteiger partial charge in [0.2, 0.25) is 5.91 Å². The van der Waals surface area contributed by atoms with Crippen LogP contribution in [0.2, 0.25) is 0 Å². The van der Waals surface area contributed by atoms with Gasteiger partial charge in [0.05, 0.1) is 18.1 Å². The number of carbonyl (C=O) groups excluding carboxylic acids is 4. The van der Waals surface area contributed by atoms with Gasteiger partial charge >= 0.3 is 5.97 Å². The molecule has 11 heteroatoms. The first-order valence-electron chi connectivity index (χ1n) is 13.0. The van der Waals surface area contributed by atoms with Crippen molar-refractivity contribution in [1.29, 1.82) is 0 Å². The fourth-order valence-corrected chi connectivity index (χ4v) is 4.53. The van der Waals surface area contributed by atoms with Crippen molar-refractivity contribution in [3.8, 4) is 5.75 Å². The Labute approximate surface area is 227 Å². The lowest BCUT2D eigenvalue weighted by Crippen LogP contribution is -2.57. The quantitative estimate of drug-likeness (QED) is 0.398. The summed E-state index contributed by atoms with van der Waals surface area (Å²) < 4.78 is 5.60. The van der Waals surface area contributed by atoms with Gasteiger partial charge in [0.15, 0.2) is 17.6 Å². The number of aliphatic hydroxyl groups is 1. The van der Waals surface area contributed by atoms with Gasteiger partial charge in [-0.3, -0.25) is 24.2 Å². The number of aliphatic hydroxyl groups excluding tert-OH is 1. The molecule has 0 aromatic carbocycles. The molecule has 1 aliphatic rings. The number of nitrogens with one attached hydrogen (secondary N) is 2. The lowest BCUT2D eigenvalue weighted by Gasteiger charge is -2.33. The molecule has 1 saturated heterocycles. The topological polar surface area (TPSA) is 168 Å². The number of pyridine rings is 2. The normalized spacial score (nSPS) is 26.7. The van der Waals surface area contributed by atoms with E-state index in [0.29, 0.717) is 5.56 Å². The number of Topliss-reactive ketones (excluding diaryl/α,β-unsaturated/α-hetero) is 1. The van der Waals surface area contributed by atoms with E-state index in [9.17, 15) is 29.4 Å². The Kier molecular flexibility index (Phi) is 10.1. The molecule has 0 saturated carbocycles. The number of esters is 1. The number of carbonyl (C=O) groups is 4. The van der Waals surface area contributed by atoms with Crippen LogP contribution in [-0.2, 0) is 25.5 Å². The SMILES string of the molecule is CC(C)CC1OC(=O)[C@H](C)[C@H](O)[C@H](Cc2cccnc2)NC(=O)[C@@H](NC(=O)c2ncccc2O)[C@@H](C)CC1=O. The van der Waals surface area contributed by atoms with Gasteiger partial charge in [-0.15, -0.1) is 0 Å². The predicted molar refractivity (Wildman–Crippen MR) is 140 cm³/mol. The van der Waals surface area contributed by atoms with E-state index in [4.69, 9.17) is 4.74 Å². The third-order valence-corrected chi connectivity index (χ3v) is 6.77. The molecule has 1 unspecified atom stereocenters. The Morgan fingerprint density at radius 2 is 1.90 bits per heavy atom. The van der Waals surface area contributed by atoms with Crippen LogP contribution in [0.5, 0.6) is 5.75 Å². The number of rotatable bonds is 6. The minimum absolute atomic E-state index is 0.0273. The van der Waals surface area contributed by atoms with Gasteiger partial charge in [0.1, 0.15) is 11.8 Å². The van der Waals surface area contributed by atoms with Crippen molar-refractivity contribution in [3.05, 3.63) is 54.1 Å². The first-order chi connectivity index (χ1) is 18.5. The molecule has 2 aromatic heterocycles. The van der Waals surface area contributed by atoms with Crippen LogP contribution in [0.25, 0.3) is 0 Å². The molecule has 2 amide bonds. The van der Waals surface area contributed by atoms with E-state index in [1.165, 1.54) is 25.3 Å². The maximum absolute atomic E-state index is 13.6. The van der Waals surface area contributed by atoms with Crippen LogP contribution in [0.1, 0.15) is 56.6 Å². The summed E-state index contributed by atoms with van der Waals surface area (Å²) in [7, 11) is 0. The first-order valence-corrected chi connectivity index (χ1v) is 13.0. The second-order valence-corrected chi connectivity index (χ2v) is 10.5. The minimum Gasteiger partial charge on any atom is -0.505 e. The van der Waals surface area contributed by atoms with E-state index in [1.54, 1.807) is 31.5 Å². The molecule has 2 aromatic rings. The molecule has 6 atom stereocenters. The number of nitrogens with zero attached hydrogens (tertiary/aromatic N) is 2. The van der Waals surface area contributed by atoms with Crippen molar-refractivity contribution in [2.75, 3.05) is 0 Å². The zero-order chi connectivity index (χ0) is 28.7. The van der Waals surface area contributed by atoms with E-state index in [0.717, 1.165) is 0 Å². The molecular formula is C28H36N4O7. The molecule has 0 bridgehead atoms. The van der Waals surface area contributed by atoms with Gasteiger partial charge in [0.25, 0.3) is 5.91 Å². The van der Waals surface area contributed by atoms with Crippen molar-refractivity contribution in [2.24, 2.45) is 17.8 Å². The maximum atomic E-state index is 13.6. The lowest BCUT2D eigenvalue weighted by atomic mass is 9.88. The van der Waals surface area contributed by atoms with Crippen LogP contribution in [0.4, 0.5) is 0 Å². The van der Waals surface area contributed by atoms with E-state index in [1.807, 2.05) is 13.8 Å². The summed E-state index contributed by atoms with van der Waals surface area (Å²) in [6.45, 7) is 6.87. The van der Waals surface area contributed by atoms with E-state index in [2.05, 4.69) is 20.6 Å². The number of ketones is 1. The second kappa shape index (κ2) is 13.3. The summed E-state index contributed by atoms with van der Waals surface area (Å²) in [6, 6.07) is 4.06. The monoisotopic (exact) mass is 540 g/mol. The molecule has 11 nitrogen and oxygen atoms in total. The molecule has 0 aliphatic carbocycles. The maximum Gasteiger partial charge on any atom is 0.312 e. The Morgan fingerprint density at radius 3 is 2.54 bits per heavy atom. The van der Waals surface area contributed by atoms with Crippen LogP contribution >= 0.6 is 0 Å². The standard InChI is InChI=1S/C28H36N4O7/c1-15(2)11-22-21(34)12-16(3)23(32-27(37)24-20(33)8-6-10-30-24)26(36)31-19(13-18-7-5-9-29-14-18)25(35)17(4)28(38)39-22/h5-10,14-17,19,22-23,25,33,35H,11-13H2,1-4H3,(H,31,36)(H,32,37)/t16-,17+,19-,22?,23-,25-/m0/s1. The Bertz CT molecular complexity index is 1170. The first kappa shape index (κ1) is 29.7. The fourth-order valence-electron chi connectivity index (χ4n) is 4.53. The van der Waals surface area contributed by atoms with Crippen LogP contribution < -0.4 is 10.6 Å². The predicted octanol–water partition coefficient (Wildman–Crippen LogP) is 1.57. The van der Waals surface area contributed by atoms with Crippen LogP contribution in [-0.4, -0.2) is 68.0 Å². The van der Waals surface area contributed by atoms with Crippen molar-refractivity contribution in [3.63, 3.8) is 0 Å². The molecule has 0 radical (unpaired) electrons. The highest BCUT2D eigenvalue weighted by Gasteiger charge is 2.39. The highest BCUT2D eigenvalue weighted by molar-refractivity contribution is 5.98. The molecule has 210 valence electrons. The molecule has 3 heterocycles. The fraction of sp³-hybridized carbons (Fsp3) is 0.500. The van der Waals surface area contributed by atoms with Crippen molar-refractivity contribution in [1.82, 2.24) is 20.6 Å². The van der Waals surface area contributed by atoms with Crippen LogP contribution in [0.3, 0.4) is 0 Å². The molecule has 4 N–H and O–H groups in total. The minimum atomic E-state index is -1.37. The summed E-state index contributed by atoms with van der Waals surface area (Å²) in [5.74, 6) is -4.73. The molecular weight excluding hydrogens is 504 g/mol.